The maximum Gasteiger partial charge on any atom is 0.254 e. The van der Waals surface area contributed by atoms with E-state index in [0.29, 0.717) is 18.0 Å². The van der Waals surface area contributed by atoms with Crippen molar-refractivity contribution >= 4 is 5.91 Å². The lowest BCUT2D eigenvalue weighted by Crippen LogP contribution is -2.48. The third-order valence-corrected chi connectivity index (χ3v) is 6.71. The standard InChI is InChI=1S/C23H26FN3O/c24-19-5-3-17(4-6-19)20-15-27(23(28)18-7-10-25-11-8-18)22-9-12-26(14-21(20)22)13-16-1-2-16/h3-8,10-11,16,20-22H,1-2,9,12-15H2/t20-,21-,22-/m1/s1. The van der Waals surface area contributed by atoms with Gasteiger partial charge in [0.25, 0.3) is 5.91 Å². The zero-order chi connectivity index (χ0) is 19.1. The van der Waals surface area contributed by atoms with E-state index in [1.165, 1.54) is 19.4 Å². The van der Waals surface area contributed by atoms with E-state index in [0.717, 1.165) is 31.0 Å². The summed E-state index contributed by atoms with van der Waals surface area (Å²) >= 11 is 0. The molecule has 2 aromatic rings. The SMILES string of the molecule is O=C(c1ccncc1)N1C[C@H](c2ccc(F)cc2)[C@H]2CN(CC3CC3)CC[C@H]21. The van der Waals surface area contributed by atoms with E-state index in [-0.39, 0.29) is 23.7 Å². The van der Waals surface area contributed by atoms with Gasteiger partial charge in [0.15, 0.2) is 0 Å². The smallest absolute Gasteiger partial charge is 0.254 e. The fourth-order valence-corrected chi connectivity index (χ4v) is 5.09. The number of nitrogens with zero attached hydrogens (tertiary/aromatic N) is 3. The van der Waals surface area contributed by atoms with Crippen LogP contribution >= 0.6 is 0 Å². The van der Waals surface area contributed by atoms with E-state index in [1.54, 1.807) is 36.7 Å². The first-order chi connectivity index (χ1) is 13.7. The molecule has 1 saturated carbocycles. The Morgan fingerprint density at radius 1 is 1.04 bits per heavy atom. The van der Waals surface area contributed by atoms with Gasteiger partial charge in [0.1, 0.15) is 5.82 Å². The average molecular weight is 379 g/mol. The van der Waals surface area contributed by atoms with E-state index in [2.05, 4.69) is 14.8 Å². The predicted molar refractivity (Wildman–Crippen MR) is 105 cm³/mol. The molecular weight excluding hydrogens is 353 g/mol. The molecule has 0 bridgehead atoms. The van der Waals surface area contributed by atoms with Crippen LogP contribution in [0.25, 0.3) is 0 Å². The lowest BCUT2D eigenvalue weighted by Gasteiger charge is -2.39. The molecule has 2 saturated heterocycles. The second-order valence-electron chi connectivity index (χ2n) is 8.57. The number of likely N-dealkylation sites (tertiary alicyclic amines) is 2. The molecule has 4 nitrogen and oxygen atoms in total. The number of aromatic nitrogens is 1. The highest BCUT2D eigenvalue weighted by Gasteiger charge is 2.47. The minimum atomic E-state index is -0.206. The molecule has 0 radical (unpaired) electrons. The lowest BCUT2D eigenvalue weighted by molar-refractivity contribution is 0.0617. The Kier molecular flexibility index (Phi) is 4.63. The molecule has 3 fully saturated rings. The Bertz CT molecular complexity index is 837. The number of halogens is 1. The number of piperidine rings is 1. The molecule has 146 valence electrons. The summed E-state index contributed by atoms with van der Waals surface area (Å²) in [6, 6.07) is 10.7. The van der Waals surface area contributed by atoms with Gasteiger partial charge in [-0.2, -0.15) is 0 Å². The topological polar surface area (TPSA) is 36.4 Å². The van der Waals surface area contributed by atoms with Crippen LogP contribution in [0.5, 0.6) is 0 Å². The third kappa shape index (κ3) is 3.44. The molecule has 1 amide bonds. The van der Waals surface area contributed by atoms with Gasteiger partial charge in [-0.15, -0.1) is 0 Å². The first-order valence-corrected chi connectivity index (χ1v) is 10.4. The number of fused-ring (bicyclic) bond motifs is 1. The summed E-state index contributed by atoms with van der Waals surface area (Å²) in [5, 5.41) is 0. The highest BCUT2D eigenvalue weighted by molar-refractivity contribution is 5.94. The van der Waals surface area contributed by atoms with E-state index in [1.807, 2.05) is 12.1 Å². The van der Waals surface area contributed by atoms with Crippen molar-refractivity contribution in [3.8, 4) is 0 Å². The van der Waals surface area contributed by atoms with Gasteiger partial charge in [-0.1, -0.05) is 12.1 Å². The molecule has 0 unspecified atom stereocenters. The fourth-order valence-electron chi connectivity index (χ4n) is 5.09. The average Bonchev–Trinajstić information content (AvgIpc) is 3.47. The number of rotatable bonds is 4. The summed E-state index contributed by atoms with van der Waals surface area (Å²) < 4.78 is 13.5. The Morgan fingerprint density at radius 3 is 2.50 bits per heavy atom. The Labute approximate surface area is 165 Å². The second kappa shape index (κ2) is 7.28. The molecule has 3 heterocycles. The molecule has 1 aromatic heterocycles. The van der Waals surface area contributed by atoms with Crippen LogP contribution in [0.15, 0.2) is 48.8 Å². The van der Waals surface area contributed by atoms with Crippen LogP contribution in [-0.2, 0) is 0 Å². The number of amides is 1. The highest BCUT2D eigenvalue weighted by atomic mass is 19.1. The number of pyridine rings is 1. The van der Waals surface area contributed by atoms with Crippen LogP contribution in [0.3, 0.4) is 0 Å². The van der Waals surface area contributed by atoms with E-state index < -0.39 is 0 Å². The first kappa shape index (κ1) is 17.8. The van der Waals surface area contributed by atoms with E-state index in [4.69, 9.17) is 0 Å². The number of hydrogen-bond donors (Lipinski definition) is 0. The number of benzene rings is 1. The lowest BCUT2D eigenvalue weighted by atomic mass is 9.81. The van der Waals surface area contributed by atoms with Gasteiger partial charge in [0.2, 0.25) is 0 Å². The summed E-state index contributed by atoms with van der Waals surface area (Å²) in [4.78, 5) is 21.9. The monoisotopic (exact) mass is 379 g/mol. The minimum absolute atomic E-state index is 0.0951. The van der Waals surface area contributed by atoms with Crippen molar-refractivity contribution in [3.05, 3.63) is 65.7 Å². The van der Waals surface area contributed by atoms with Crippen molar-refractivity contribution < 1.29 is 9.18 Å². The van der Waals surface area contributed by atoms with Crippen LogP contribution in [-0.4, -0.2) is 52.9 Å². The van der Waals surface area contributed by atoms with Crippen LogP contribution < -0.4 is 0 Å². The van der Waals surface area contributed by atoms with Gasteiger partial charge < -0.3 is 9.80 Å². The molecule has 0 spiro atoms. The molecule has 5 rings (SSSR count). The Hall–Kier alpha value is -2.27. The number of hydrogen-bond acceptors (Lipinski definition) is 3. The summed E-state index contributed by atoms with van der Waals surface area (Å²) in [6.07, 6.45) is 7.09. The molecule has 1 aliphatic carbocycles. The maximum absolute atomic E-state index is 13.5. The molecular formula is C23H26FN3O. The van der Waals surface area contributed by atoms with Crippen molar-refractivity contribution in [2.45, 2.75) is 31.2 Å². The molecule has 5 heteroatoms. The molecule has 3 atom stereocenters. The Morgan fingerprint density at radius 2 is 1.79 bits per heavy atom. The minimum Gasteiger partial charge on any atom is -0.335 e. The van der Waals surface area contributed by atoms with E-state index >= 15 is 0 Å². The molecule has 1 aromatic carbocycles. The third-order valence-electron chi connectivity index (χ3n) is 6.71. The molecule has 2 aliphatic heterocycles. The summed E-state index contributed by atoms with van der Waals surface area (Å²) in [7, 11) is 0. The van der Waals surface area contributed by atoms with Crippen molar-refractivity contribution in [1.82, 2.24) is 14.8 Å². The van der Waals surface area contributed by atoms with Crippen molar-refractivity contribution in [2.75, 3.05) is 26.2 Å². The van der Waals surface area contributed by atoms with Gasteiger partial charge in [-0.3, -0.25) is 9.78 Å². The van der Waals surface area contributed by atoms with Crippen LogP contribution in [0, 0.1) is 17.7 Å². The predicted octanol–water partition coefficient (Wildman–Crippen LogP) is 3.56. The number of carbonyl (C=O) groups excluding carboxylic acids is 1. The molecule has 3 aliphatic rings. The zero-order valence-corrected chi connectivity index (χ0v) is 16.0. The first-order valence-electron chi connectivity index (χ1n) is 10.4. The van der Waals surface area contributed by atoms with Gasteiger partial charge in [0, 0.05) is 62.0 Å². The van der Waals surface area contributed by atoms with E-state index in [9.17, 15) is 9.18 Å². The quantitative estimate of drug-likeness (QED) is 0.815. The van der Waals surface area contributed by atoms with Gasteiger partial charge in [0.05, 0.1) is 0 Å². The van der Waals surface area contributed by atoms with Crippen LogP contribution in [0.4, 0.5) is 4.39 Å². The maximum atomic E-state index is 13.5. The normalized spacial score (nSPS) is 27.6. The molecule has 28 heavy (non-hydrogen) atoms. The highest BCUT2D eigenvalue weighted by Crippen LogP contribution is 2.43. The largest absolute Gasteiger partial charge is 0.335 e. The van der Waals surface area contributed by atoms with Crippen LogP contribution in [0.2, 0.25) is 0 Å². The Balaban J connectivity index is 1.42. The van der Waals surface area contributed by atoms with Gasteiger partial charge in [-0.05, 0) is 55.0 Å². The van der Waals surface area contributed by atoms with Crippen molar-refractivity contribution in [3.63, 3.8) is 0 Å². The fraction of sp³-hybridized carbons (Fsp3) is 0.478. The van der Waals surface area contributed by atoms with Gasteiger partial charge in [-0.25, -0.2) is 4.39 Å². The van der Waals surface area contributed by atoms with Crippen molar-refractivity contribution in [1.29, 1.82) is 0 Å². The van der Waals surface area contributed by atoms with Crippen molar-refractivity contribution in [2.24, 2.45) is 11.8 Å². The zero-order valence-electron chi connectivity index (χ0n) is 16.0. The number of carbonyl (C=O) groups is 1. The van der Waals surface area contributed by atoms with Crippen LogP contribution in [0.1, 0.15) is 41.1 Å². The summed E-state index contributed by atoms with van der Waals surface area (Å²) in [5.41, 5.74) is 1.85. The summed E-state index contributed by atoms with van der Waals surface area (Å²) in [5.74, 6) is 1.43. The summed E-state index contributed by atoms with van der Waals surface area (Å²) in [6.45, 7) is 3.99. The second-order valence-corrected chi connectivity index (χ2v) is 8.57. The van der Waals surface area contributed by atoms with Gasteiger partial charge >= 0.3 is 0 Å². The molecule has 0 N–H and O–H groups in total.